The third-order valence-electron chi connectivity index (χ3n) is 3.44. The van der Waals surface area contributed by atoms with Crippen molar-refractivity contribution in [1.29, 1.82) is 0 Å². The summed E-state index contributed by atoms with van der Waals surface area (Å²) >= 11 is 3.36. The van der Waals surface area contributed by atoms with Gasteiger partial charge in [-0.15, -0.1) is 0 Å². The van der Waals surface area contributed by atoms with Gasteiger partial charge < -0.3 is 15.2 Å². The Kier molecular flexibility index (Phi) is 4.96. The molecule has 0 radical (unpaired) electrons. The first-order chi connectivity index (χ1) is 9.13. The van der Waals surface area contributed by atoms with Crippen LogP contribution in [0.5, 0.6) is 0 Å². The van der Waals surface area contributed by atoms with Gasteiger partial charge in [0.25, 0.3) is 0 Å². The number of amides is 1. The summed E-state index contributed by atoms with van der Waals surface area (Å²) in [7, 11) is 0. The number of hydrogen-bond donors (Lipinski definition) is 2. The average molecular weight is 328 g/mol. The van der Waals surface area contributed by atoms with E-state index in [1.807, 2.05) is 24.3 Å². The maximum absolute atomic E-state index is 12.1. The summed E-state index contributed by atoms with van der Waals surface area (Å²) in [4.78, 5) is 12.1. The van der Waals surface area contributed by atoms with Crippen LogP contribution in [-0.4, -0.2) is 36.4 Å². The second-order valence-corrected chi connectivity index (χ2v) is 5.82. The monoisotopic (exact) mass is 327 g/mol. The Morgan fingerprint density at radius 1 is 1.32 bits per heavy atom. The predicted octanol–water partition coefficient (Wildman–Crippen LogP) is 1.65. The van der Waals surface area contributed by atoms with Crippen molar-refractivity contribution < 1.29 is 14.6 Å². The highest BCUT2D eigenvalue weighted by Crippen LogP contribution is 2.20. The normalized spacial score (nSPS) is 18.0. The van der Waals surface area contributed by atoms with Crippen LogP contribution in [0.2, 0.25) is 0 Å². The van der Waals surface area contributed by atoms with E-state index in [0.29, 0.717) is 32.5 Å². The van der Waals surface area contributed by atoms with E-state index in [2.05, 4.69) is 21.2 Å². The number of ether oxygens (including phenoxy) is 1. The Labute approximate surface area is 121 Å². The maximum Gasteiger partial charge on any atom is 0.224 e. The summed E-state index contributed by atoms with van der Waals surface area (Å²) in [6.45, 7) is 1.13. The molecule has 5 heteroatoms. The third kappa shape index (κ3) is 4.03. The highest BCUT2D eigenvalue weighted by molar-refractivity contribution is 9.10. The van der Waals surface area contributed by atoms with E-state index >= 15 is 0 Å². The van der Waals surface area contributed by atoms with Gasteiger partial charge in [-0.2, -0.15) is 0 Å². The van der Waals surface area contributed by atoms with Crippen LogP contribution in [0, 0.1) is 0 Å². The predicted molar refractivity (Wildman–Crippen MR) is 75.9 cm³/mol. The van der Waals surface area contributed by atoms with Crippen LogP contribution in [0.4, 0.5) is 0 Å². The molecule has 0 aliphatic carbocycles. The minimum Gasteiger partial charge on any atom is -0.394 e. The van der Waals surface area contributed by atoms with E-state index in [4.69, 9.17) is 4.74 Å². The molecule has 104 valence electrons. The molecule has 4 nitrogen and oxygen atoms in total. The first-order valence-electron chi connectivity index (χ1n) is 6.38. The fourth-order valence-electron chi connectivity index (χ4n) is 2.21. The van der Waals surface area contributed by atoms with Gasteiger partial charge in [0, 0.05) is 17.7 Å². The van der Waals surface area contributed by atoms with Crippen molar-refractivity contribution in [2.24, 2.45) is 0 Å². The van der Waals surface area contributed by atoms with Crippen LogP contribution < -0.4 is 5.32 Å². The molecule has 1 aliphatic rings. The molecular formula is C14H18BrNO3. The second-order valence-electron chi connectivity index (χ2n) is 4.90. The first-order valence-corrected chi connectivity index (χ1v) is 7.17. The van der Waals surface area contributed by atoms with Gasteiger partial charge in [-0.3, -0.25) is 4.79 Å². The molecule has 1 fully saturated rings. The van der Waals surface area contributed by atoms with Crippen LogP contribution in [0.1, 0.15) is 18.4 Å². The Balaban J connectivity index is 1.94. The molecule has 2 N–H and O–H groups in total. The van der Waals surface area contributed by atoms with Gasteiger partial charge >= 0.3 is 0 Å². The molecule has 0 atom stereocenters. The number of hydrogen-bond acceptors (Lipinski definition) is 3. The van der Waals surface area contributed by atoms with E-state index < -0.39 is 5.54 Å². The number of aliphatic hydroxyl groups excluding tert-OH is 1. The van der Waals surface area contributed by atoms with E-state index in [9.17, 15) is 9.90 Å². The van der Waals surface area contributed by atoms with Gasteiger partial charge in [0.15, 0.2) is 0 Å². The highest BCUT2D eigenvalue weighted by atomic mass is 79.9. The number of halogens is 1. The van der Waals surface area contributed by atoms with Gasteiger partial charge in [0.05, 0.1) is 18.6 Å². The van der Waals surface area contributed by atoms with E-state index in [1.54, 1.807) is 0 Å². The highest BCUT2D eigenvalue weighted by Gasteiger charge is 2.33. The van der Waals surface area contributed by atoms with Gasteiger partial charge in [-0.25, -0.2) is 0 Å². The minimum absolute atomic E-state index is 0.0392. The van der Waals surface area contributed by atoms with E-state index in [0.717, 1.165) is 10.0 Å². The van der Waals surface area contributed by atoms with Crippen molar-refractivity contribution in [2.75, 3.05) is 19.8 Å². The molecule has 0 saturated carbocycles. The lowest BCUT2D eigenvalue weighted by Crippen LogP contribution is -2.55. The molecule has 1 saturated heterocycles. The summed E-state index contributed by atoms with van der Waals surface area (Å²) in [5.41, 5.74) is 0.450. The average Bonchev–Trinajstić information content (AvgIpc) is 2.42. The molecule has 0 spiro atoms. The molecule has 1 aromatic carbocycles. The third-order valence-corrected chi connectivity index (χ3v) is 3.96. The van der Waals surface area contributed by atoms with Gasteiger partial charge in [0.2, 0.25) is 5.91 Å². The van der Waals surface area contributed by atoms with Crippen molar-refractivity contribution in [3.05, 3.63) is 34.3 Å². The zero-order valence-electron chi connectivity index (χ0n) is 10.7. The van der Waals surface area contributed by atoms with Crippen LogP contribution in [-0.2, 0) is 16.0 Å². The summed E-state index contributed by atoms with van der Waals surface area (Å²) in [5, 5.41) is 12.5. The molecule has 1 amide bonds. The fraction of sp³-hybridized carbons (Fsp3) is 0.500. The smallest absolute Gasteiger partial charge is 0.224 e. The summed E-state index contributed by atoms with van der Waals surface area (Å²) in [5.74, 6) is -0.0572. The topological polar surface area (TPSA) is 58.6 Å². The minimum atomic E-state index is -0.509. The van der Waals surface area contributed by atoms with Crippen LogP contribution >= 0.6 is 15.9 Å². The summed E-state index contributed by atoms with van der Waals surface area (Å²) < 4.78 is 6.27. The first kappa shape index (κ1) is 14.5. The maximum atomic E-state index is 12.1. The van der Waals surface area contributed by atoms with E-state index in [-0.39, 0.29) is 12.5 Å². The number of benzene rings is 1. The lowest BCUT2D eigenvalue weighted by Gasteiger charge is -2.36. The Hall–Kier alpha value is -0.910. The van der Waals surface area contributed by atoms with Crippen molar-refractivity contribution in [3.8, 4) is 0 Å². The van der Waals surface area contributed by atoms with Crippen molar-refractivity contribution in [2.45, 2.75) is 24.8 Å². The zero-order chi connectivity index (χ0) is 13.7. The number of nitrogens with one attached hydrogen (secondary N) is 1. The molecule has 1 heterocycles. The summed E-state index contributed by atoms with van der Waals surface area (Å²) in [6.07, 6.45) is 1.65. The van der Waals surface area contributed by atoms with Crippen molar-refractivity contribution >= 4 is 21.8 Å². The molecule has 0 aromatic heterocycles. The van der Waals surface area contributed by atoms with E-state index in [1.165, 1.54) is 0 Å². The molecule has 1 aliphatic heterocycles. The molecule has 0 unspecified atom stereocenters. The van der Waals surface area contributed by atoms with Gasteiger partial charge in [0.1, 0.15) is 0 Å². The van der Waals surface area contributed by atoms with Crippen LogP contribution in [0.15, 0.2) is 28.7 Å². The summed E-state index contributed by atoms with van der Waals surface area (Å²) in [6, 6.07) is 7.66. The lowest BCUT2D eigenvalue weighted by atomic mass is 9.90. The molecule has 19 heavy (non-hydrogen) atoms. The number of carbonyl (C=O) groups excluding carboxylic acids is 1. The van der Waals surface area contributed by atoms with Gasteiger partial charge in [-0.05, 0) is 30.5 Å². The zero-order valence-corrected chi connectivity index (χ0v) is 12.3. The molecular weight excluding hydrogens is 310 g/mol. The molecule has 0 bridgehead atoms. The SMILES string of the molecule is O=C(Cc1ccc(Br)cc1)NC1(CO)CCOCC1. The molecule has 1 aromatic rings. The van der Waals surface area contributed by atoms with Crippen LogP contribution in [0.3, 0.4) is 0 Å². The number of aliphatic hydroxyl groups is 1. The van der Waals surface area contributed by atoms with Crippen LogP contribution in [0.25, 0.3) is 0 Å². The Bertz CT molecular complexity index is 427. The van der Waals surface area contributed by atoms with Gasteiger partial charge in [-0.1, -0.05) is 28.1 Å². The van der Waals surface area contributed by atoms with Crippen molar-refractivity contribution in [1.82, 2.24) is 5.32 Å². The Morgan fingerprint density at radius 3 is 2.53 bits per heavy atom. The van der Waals surface area contributed by atoms with Crippen molar-refractivity contribution in [3.63, 3.8) is 0 Å². The molecule has 2 rings (SSSR count). The lowest BCUT2D eigenvalue weighted by molar-refractivity contribution is -0.124. The fourth-order valence-corrected chi connectivity index (χ4v) is 2.48. The second kappa shape index (κ2) is 6.50. The standard InChI is InChI=1S/C14H18BrNO3/c15-12-3-1-11(2-4-12)9-13(18)16-14(10-17)5-7-19-8-6-14/h1-4,17H,5-10H2,(H,16,18). The Morgan fingerprint density at radius 2 is 1.95 bits per heavy atom. The largest absolute Gasteiger partial charge is 0.394 e. The quantitative estimate of drug-likeness (QED) is 0.884. The number of rotatable bonds is 4. The number of carbonyl (C=O) groups is 1.